The fraction of sp³-hybridized carbons (Fsp3) is 0.350. The number of rotatable bonds is 7. The van der Waals surface area contributed by atoms with Crippen molar-refractivity contribution in [1.82, 2.24) is 0 Å². The molecule has 0 saturated heterocycles. The molecule has 2 rings (SSSR count). The summed E-state index contributed by atoms with van der Waals surface area (Å²) in [6.07, 6.45) is 0.579. The number of carbonyl (C=O) groups is 1. The Morgan fingerprint density at radius 1 is 1.08 bits per heavy atom. The van der Waals surface area contributed by atoms with Crippen LogP contribution in [0.25, 0.3) is 0 Å². The van der Waals surface area contributed by atoms with E-state index in [0.29, 0.717) is 13.0 Å². The molecule has 1 amide bonds. The third-order valence-electron chi connectivity index (χ3n) is 3.56. The van der Waals surface area contributed by atoms with E-state index in [4.69, 9.17) is 4.74 Å². The number of amides is 1. The van der Waals surface area contributed by atoms with Crippen LogP contribution in [-0.2, 0) is 4.79 Å². The molecule has 0 aromatic heterocycles. The first kappa shape index (κ1) is 17.9. The van der Waals surface area contributed by atoms with E-state index >= 15 is 0 Å². The second kappa shape index (κ2) is 8.39. The summed E-state index contributed by atoms with van der Waals surface area (Å²) < 4.78 is 5.61. The summed E-state index contributed by atoms with van der Waals surface area (Å²) in [6, 6.07) is 13.8. The Balaban J connectivity index is 1.78. The van der Waals surface area contributed by atoms with Gasteiger partial charge in [0.2, 0.25) is 5.91 Å². The zero-order chi connectivity index (χ0) is 17.5. The number of hydrogen-bond donors (Lipinski definition) is 2. The quantitative estimate of drug-likeness (QED) is 0.786. The van der Waals surface area contributed by atoms with Crippen molar-refractivity contribution in [3.05, 3.63) is 53.6 Å². The Hall–Kier alpha value is -2.49. The number of nitrogens with one attached hydrogen (secondary N) is 2. The van der Waals surface area contributed by atoms with E-state index < -0.39 is 0 Å². The van der Waals surface area contributed by atoms with Crippen LogP contribution in [0.15, 0.2) is 42.5 Å². The molecular weight excluding hydrogens is 300 g/mol. The molecule has 0 radical (unpaired) electrons. The van der Waals surface area contributed by atoms with Gasteiger partial charge >= 0.3 is 0 Å². The summed E-state index contributed by atoms with van der Waals surface area (Å²) in [6.45, 7) is 8.63. The summed E-state index contributed by atoms with van der Waals surface area (Å²) >= 11 is 0. The highest BCUT2D eigenvalue weighted by atomic mass is 16.5. The summed E-state index contributed by atoms with van der Waals surface area (Å²) in [5.74, 6) is 0.859. The zero-order valence-corrected chi connectivity index (χ0v) is 14.8. The van der Waals surface area contributed by atoms with Gasteiger partial charge in [-0.05, 0) is 63.6 Å². The molecule has 0 aliphatic carbocycles. The molecule has 2 N–H and O–H groups in total. The first-order valence-electron chi connectivity index (χ1n) is 8.32. The van der Waals surface area contributed by atoms with Gasteiger partial charge in [0.05, 0.1) is 6.10 Å². The molecular formula is C20H26N2O2. The smallest absolute Gasteiger partial charge is 0.226 e. The fourth-order valence-electron chi connectivity index (χ4n) is 2.41. The van der Waals surface area contributed by atoms with E-state index in [9.17, 15) is 4.79 Å². The minimum atomic E-state index is 0.00853. The highest BCUT2D eigenvalue weighted by Gasteiger charge is 2.05. The molecule has 0 unspecified atom stereocenters. The Bertz CT molecular complexity index is 679. The Morgan fingerprint density at radius 2 is 1.79 bits per heavy atom. The normalized spacial score (nSPS) is 10.5. The Labute approximate surface area is 144 Å². The third-order valence-corrected chi connectivity index (χ3v) is 3.56. The average molecular weight is 326 g/mol. The van der Waals surface area contributed by atoms with Gasteiger partial charge in [0.25, 0.3) is 0 Å². The van der Waals surface area contributed by atoms with Gasteiger partial charge < -0.3 is 15.4 Å². The highest BCUT2D eigenvalue weighted by Crippen LogP contribution is 2.18. The molecule has 0 spiro atoms. The molecule has 4 heteroatoms. The monoisotopic (exact) mass is 326 g/mol. The van der Waals surface area contributed by atoms with Gasteiger partial charge in [-0.15, -0.1) is 0 Å². The molecule has 0 aliphatic rings. The predicted molar refractivity (Wildman–Crippen MR) is 99.9 cm³/mol. The molecule has 2 aromatic carbocycles. The van der Waals surface area contributed by atoms with Crippen molar-refractivity contribution >= 4 is 17.3 Å². The maximum absolute atomic E-state index is 12.0. The molecule has 0 bridgehead atoms. The highest BCUT2D eigenvalue weighted by molar-refractivity contribution is 5.91. The lowest BCUT2D eigenvalue weighted by Crippen LogP contribution is -2.16. The maximum Gasteiger partial charge on any atom is 0.226 e. The first-order chi connectivity index (χ1) is 11.4. The lowest BCUT2D eigenvalue weighted by Gasteiger charge is -2.12. The van der Waals surface area contributed by atoms with Gasteiger partial charge in [-0.2, -0.15) is 0 Å². The van der Waals surface area contributed by atoms with Crippen LogP contribution in [0.5, 0.6) is 5.75 Å². The number of aryl methyl sites for hydroxylation is 2. The van der Waals surface area contributed by atoms with Crippen LogP contribution < -0.4 is 15.4 Å². The molecule has 4 nitrogen and oxygen atoms in total. The molecule has 24 heavy (non-hydrogen) atoms. The topological polar surface area (TPSA) is 50.4 Å². The molecule has 0 fully saturated rings. The van der Waals surface area contributed by atoms with Crippen LogP contribution in [-0.4, -0.2) is 18.6 Å². The Morgan fingerprint density at radius 3 is 2.42 bits per heavy atom. The minimum Gasteiger partial charge on any atom is -0.491 e. The van der Waals surface area contributed by atoms with Crippen LogP contribution in [0, 0.1) is 13.8 Å². The first-order valence-corrected chi connectivity index (χ1v) is 8.32. The number of anilines is 2. The molecule has 0 atom stereocenters. The van der Waals surface area contributed by atoms with E-state index in [2.05, 4.69) is 16.7 Å². The number of hydrogen-bond acceptors (Lipinski definition) is 3. The van der Waals surface area contributed by atoms with Gasteiger partial charge in [-0.3, -0.25) is 4.79 Å². The van der Waals surface area contributed by atoms with Crippen LogP contribution in [0.4, 0.5) is 11.4 Å². The molecule has 128 valence electrons. The van der Waals surface area contributed by atoms with Crippen molar-refractivity contribution < 1.29 is 9.53 Å². The predicted octanol–water partition coefficient (Wildman–Crippen LogP) is 4.53. The summed E-state index contributed by atoms with van der Waals surface area (Å²) in [5.41, 5.74) is 4.13. The summed E-state index contributed by atoms with van der Waals surface area (Å²) in [4.78, 5) is 12.0. The van der Waals surface area contributed by atoms with Crippen molar-refractivity contribution in [3.63, 3.8) is 0 Å². The molecule has 0 saturated carbocycles. The summed E-state index contributed by atoms with van der Waals surface area (Å²) in [7, 11) is 0. The number of benzene rings is 2. The van der Waals surface area contributed by atoms with E-state index in [-0.39, 0.29) is 12.0 Å². The lowest BCUT2D eigenvalue weighted by molar-refractivity contribution is -0.115. The van der Waals surface area contributed by atoms with Crippen LogP contribution >= 0.6 is 0 Å². The Kier molecular flexibility index (Phi) is 6.24. The van der Waals surface area contributed by atoms with Crippen molar-refractivity contribution in [2.75, 3.05) is 17.2 Å². The SMILES string of the molecule is Cc1ccc(NC(=O)CCNc2ccc(OC(C)C)cc2)c(C)c1. The van der Waals surface area contributed by atoms with E-state index in [1.54, 1.807) is 0 Å². The summed E-state index contributed by atoms with van der Waals surface area (Å²) in [5, 5.41) is 6.20. The molecule has 0 aliphatic heterocycles. The van der Waals surface area contributed by atoms with Gasteiger partial charge in [0, 0.05) is 24.3 Å². The lowest BCUT2D eigenvalue weighted by atomic mass is 10.1. The minimum absolute atomic E-state index is 0.00853. The standard InChI is InChI=1S/C20H26N2O2/c1-14(2)24-18-8-6-17(7-9-18)21-12-11-20(23)22-19-10-5-15(3)13-16(19)4/h5-10,13-14,21H,11-12H2,1-4H3,(H,22,23). The second-order valence-corrected chi connectivity index (χ2v) is 6.23. The van der Waals surface area contributed by atoms with Crippen molar-refractivity contribution in [2.24, 2.45) is 0 Å². The van der Waals surface area contributed by atoms with E-state index in [1.165, 1.54) is 5.56 Å². The van der Waals surface area contributed by atoms with Gasteiger partial charge in [-0.25, -0.2) is 0 Å². The van der Waals surface area contributed by atoms with E-state index in [1.807, 2.05) is 64.1 Å². The maximum atomic E-state index is 12.0. The number of ether oxygens (including phenoxy) is 1. The van der Waals surface area contributed by atoms with Gasteiger partial charge in [0.15, 0.2) is 0 Å². The second-order valence-electron chi connectivity index (χ2n) is 6.23. The molecule has 0 heterocycles. The van der Waals surface area contributed by atoms with Gasteiger partial charge in [0.1, 0.15) is 5.75 Å². The molecule has 2 aromatic rings. The van der Waals surface area contributed by atoms with Crippen molar-refractivity contribution in [2.45, 2.75) is 40.2 Å². The van der Waals surface area contributed by atoms with Gasteiger partial charge in [-0.1, -0.05) is 17.7 Å². The van der Waals surface area contributed by atoms with E-state index in [0.717, 1.165) is 22.7 Å². The number of carbonyl (C=O) groups excluding carboxylic acids is 1. The van der Waals surface area contributed by atoms with Crippen molar-refractivity contribution in [1.29, 1.82) is 0 Å². The van der Waals surface area contributed by atoms with Crippen molar-refractivity contribution in [3.8, 4) is 5.75 Å². The van der Waals surface area contributed by atoms with Crippen LogP contribution in [0.1, 0.15) is 31.4 Å². The van der Waals surface area contributed by atoms with Crippen LogP contribution in [0.2, 0.25) is 0 Å². The largest absolute Gasteiger partial charge is 0.491 e. The third kappa shape index (κ3) is 5.61. The zero-order valence-electron chi connectivity index (χ0n) is 14.8. The fourth-order valence-corrected chi connectivity index (χ4v) is 2.41. The van der Waals surface area contributed by atoms with Crippen LogP contribution in [0.3, 0.4) is 0 Å². The average Bonchev–Trinajstić information content (AvgIpc) is 2.51.